The molecule has 0 saturated carbocycles. The third-order valence-electron chi connectivity index (χ3n) is 5.13. The second-order valence-electron chi connectivity index (χ2n) is 7.21. The topological polar surface area (TPSA) is 95.6 Å². The number of carbonyl (C=O) groups excluding carboxylic acids is 2. The first-order valence-corrected chi connectivity index (χ1v) is 11.2. The Balaban J connectivity index is 1.55. The molecule has 8 heteroatoms. The van der Waals surface area contributed by atoms with Crippen LogP contribution in [0.5, 0.6) is 0 Å². The van der Waals surface area contributed by atoms with Gasteiger partial charge in [0.2, 0.25) is 5.91 Å². The predicted octanol–water partition coefficient (Wildman–Crippen LogP) is 3.65. The van der Waals surface area contributed by atoms with Gasteiger partial charge in [0, 0.05) is 30.4 Å². The Kier molecular flexibility index (Phi) is 5.48. The second kappa shape index (κ2) is 8.23. The van der Waals surface area contributed by atoms with Crippen LogP contribution in [0.15, 0.2) is 77.7 Å². The fraction of sp³-hybridized carbons (Fsp3) is 0.130. The smallest absolute Gasteiger partial charge is 0.264 e. The largest absolute Gasteiger partial charge is 0.326 e. The predicted molar refractivity (Wildman–Crippen MR) is 120 cm³/mol. The summed E-state index contributed by atoms with van der Waals surface area (Å²) in [7, 11) is -2.30. The van der Waals surface area contributed by atoms with Crippen LogP contribution in [0.1, 0.15) is 22.3 Å². The fourth-order valence-corrected chi connectivity index (χ4v) is 4.64. The number of benzene rings is 3. The molecular weight excluding hydrogens is 414 g/mol. The Hall–Kier alpha value is -3.65. The van der Waals surface area contributed by atoms with E-state index in [1.165, 1.54) is 23.5 Å². The average molecular weight is 436 g/mol. The summed E-state index contributed by atoms with van der Waals surface area (Å²) < 4.78 is 27.2. The SMILES string of the molecule is CN(c1ccccc1)S(=O)(=O)c1cccc(NC(=O)c2ccc3c(c2)CCC(=O)N3)c1. The van der Waals surface area contributed by atoms with E-state index in [2.05, 4.69) is 10.6 Å². The maximum Gasteiger partial charge on any atom is 0.264 e. The van der Waals surface area contributed by atoms with Gasteiger partial charge in [-0.2, -0.15) is 0 Å². The van der Waals surface area contributed by atoms with Crippen LogP contribution in [0.2, 0.25) is 0 Å². The minimum absolute atomic E-state index is 0.0387. The summed E-state index contributed by atoms with van der Waals surface area (Å²) in [5, 5.41) is 5.54. The van der Waals surface area contributed by atoms with E-state index >= 15 is 0 Å². The number of hydrogen-bond acceptors (Lipinski definition) is 4. The van der Waals surface area contributed by atoms with Gasteiger partial charge in [-0.1, -0.05) is 24.3 Å². The molecule has 2 amide bonds. The van der Waals surface area contributed by atoms with Gasteiger partial charge in [0.15, 0.2) is 0 Å². The van der Waals surface area contributed by atoms with E-state index < -0.39 is 10.0 Å². The summed E-state index contributed by atoms with van der Waals surface area (Å²) >= 11 is 0. The van der Waals surface area contributed by atoms with Crippen LogP contribution in [-0.4, -0.2) is 27.3 Å². The Labute approximate surface area is 180 Å². The molecule has 0 aromatic heterocycles. The summed E-state index contributed by atoms with van der Waals surface area (Å²) in [6, 6.07) is 20.0. The monoisotopic (exact) mass is 435 g/mol. The number of fused-ring (bicyclic) bond motifs is 1. The third kappa shape index (κ3) is 4.29. The van der Waals surface area contributed by atoms with Crippen molar-refractivity contribution < 1.29 is 18.0 Å². The highest BCUT2D eigenvalue weighted by Crippen LogP contribution is 2.26. The van der Waals surface area contributed by atoms with Gasteiger partial charge in [-0.15, -0.1) is 0 Å². The van der Waals surface area contributed by atoms with Gasteiger partial charge in [-0.25, -0.2) is 8.42 Å². The molecule has 0 bridgehead atoms. The highest BCUT2D eigenvalue weighted by molar-refractivity contribution is 7.92. The number of nitrogens with zero attached hydrogens (tertiary/aromatic N) is 1. The van der Waals surface area contributed by atoms with Crippen LogP contribution < -0.4 is 14.9 Å². The first kappa shape index (κ1) is 20.6. The van der Waals surface area contributed by atoms with Gasteiger partial charge in [-0.05, 0) is 60.5 Å². The normalized spacial score (nSPS) is 13.1. The molecule has 1 heterocycles. The van der Waals surface area contributed by atoms with Gasteiger partial charge >= 0.3 is 0 Å². The number of anilines is 3. The average Bonchev–Trinajstić information content (AvgIpc) is 2.79. The van der Waals surface area contributed by atoms with Crippen molar-refractivity contribution in [2.24, 2.45) is 0 Å². The van der Waals surface area contributed by atoms with E-state index in [0.717, 1.165) is 5.56 Å². The molecule has 3 aromatic carbocycles. The van der Waals surface area contributed by atoms with Crippen molar-refractivity contribution in [2.45, 2.75) is 17.7 Å². The van der Waals surface area contributed by atoms with Crippen LogP contribution in [0, 0.1) is 0 Å². The van der Waals surface area contributed by atoms with Gasteiger partial charge in [0.05, 0.1) is 10.6 Å². The molecular formula is C23H21N3O4S. The molecule has 1 aliphatic rings. The third-order valence-corrected chi connectivity index (χ3v) is 6.91. The van der Waals surface area contributed by atoms with Gasteiger partial charge in [0.25, 0.3) is 15.9 Å². The highest BCUT2D eigenvalue weighted by Gasteiger charge is 2.22. The van der Waals surface area contributed by atoms with E-state index in [0.29, 0.717) is 35.5 Å². The zero-order valence-electron chi connectivity index (χ0n) is 16.8. The molecule has 4 rings (SSSR count). The molecule has 3 aromatic rings. The maximum absolute atomic E-state index is 13.0. The number of sulfonamides is 1. The Morgan fingerprint density at radius 3 is 2.52 bits per heavy atom. The number of carbonyl (C=O) groups is 2. The number of nitrogens with one attached hydrogen (secondary N) is 2. The van der Waals surface area contributed by atoms with Crippen LogP contribution in [0.3, 0.4) is 0 Å². The lowest BCUT2D eigenvalue weighted by Gasteiger charge is -2.20. The number of rotatable bonds is 5. The zero-order valence-corrected chi connectivity index (χ0v) is 17.6. The Bertz CT molecular complexity index is 1260. The minimum atomic E-state index is -3.79. The van der Waals surface area contributed by atoms with Crippen molar-refractivity contribution in [3.05, 3.63) is 83.9 Å². The lowest BCUT2D eigenvalue weighted by Crippen LogP contribution is -2.26. The van der Waals surface area contributed by atoms with Crippen molar-refractivity contribution in [3.63, 3.8) is 0 Å². The van der Waals surface area contributed by atoms with Crippen LogP contribution in [0.4, 0.5) is 17.1 Å². The van der Waals surface area contributed by atoms with Gasteiger partial charge in [-0.3, -0.25) is 13.9 Å². The molecule has 31 heavy (non-hydrogen) atoms. The zero-order chi connectivity index (χ0) is 22.0. The van der Waals surface area contributed by atoms with Crippen molar-refractivity contribution in [2.75, 3.05) is 22.0 Å². The first-order chi connectivity index (χ1) is 14.8. The number of amides is 2. The van der Waals surface area contributed by atoms with E-state index in [9.17, 15) is 18.0 Å². The molecule has 2 N–H and O–H groups in total. The maximum atomic E-state index is 13.0. The number of hydrogen-bond donors (Lipinski definition) is 2. The molecule has 0 atom stereocenters. The van der Waals surface area contributed by atoms with Crippen LogP contribution >= 0.6 is 0 Å². The van der Waals surface area contributed by atoms with Gasteiger partial charge < -0.3 is 10.6 Å². The molecule has 0 unspecified atom stereocenters. The summed E-state index contributed by atoms with van der Waals surface area (Å²) in [5.74, 6) is -0.395. The molecule has 0 saturated heterocycles. The fourth-order valence-electron chi connectivity index (χ4n) is 3.40. The molecule has 0 aliphatic carbocycles. The van der Waals surface area contributed by atoms with Crippen LogP contribution in [-0.2, 0) is 21.2 Å². The standard InChI is InChI=1S/C23H21N3O4S/c1-26(19-7-3-2-4-8-19)31(29,30)20-9-5-6-18(15-20)24-23(28)17-10-12-21-16(14-17)11-13-22(27)25-21/h2-10,12,14-15H,11,13H2,1H3,(H,24,28)(H,25,27). The molecule has 0 fully saturated rings. The van der Waals surface area contributed by atoms with E-state index in [-0.39, 0.29) is 16.7 Å². The van der Waals surface area contributed by atoms with E-state index in [1.807, 2.05) is 6.07 Å². The lowest BCUT2D eigenvalue weighted by molar-refractivity contribution is -0.116. The second-order valence-corrected chi connectivity index (χ2v) is 9.18. The Morgan fingerprint density at radius 1 is 0.968 bits per heavy atom. The molecule has 7 nitrogen and oxygen atoms in total. The first-order valence-electron chi connectivity index (χ1n) is 9.73. The van der Waals surface area contributed by atoms with Gasteiger partial charge in [0.1, 0.15) is 0 Å². The van der Waals surface area contributed by atoms with Crippen molar-refractivity contribution in [3.8, 4) is 0 Å². The number of aryl methyl sites for hydroxylation is 1. The Morgan fingerprint density at radius 2 is 1.74 bits per heavy atom. The molecule has 158 valence electrons. The van der Waals surface area contributed by atoms with E-state index in [1.54, 1.807) is 54.6 Å². The summed E-state index contributed by atoms with van der Waals surface area (Å²) in [6.07, 6.45) is 0.953. The lowest BCUT2D eigenvalue weighted by atomic mass is 10.00. The van der Waals surface area contributed by atoms with Crippen molar-refractivity contribution in [1.82, 2.24) is 0 Å². The van der Waals surface area contributed by atoms with Crippen LogP contribution in [0.25, 0.3) is 0 Å². The molecule has 0 radical (unpaired) electrons. The van der Waals surface area contributed by atoms with Crippen molar-refractivity contribution >= 4 is 38.9 Å². The molecule has 0 spiro atoms. The number of para-hydroxylation sites is 1. The molecule has 1 aliphatic heterocycles. The highest BCUT2D eigenvalue weighted by atomic mass is 32.2. The quantitative estimate of drug-likeness (QED) is 0.640. The van der Waals surface area contributed by atoms with Crippen molar-refractivity contribution in [1.29, 1.82) is 0 Å². The van der Waals surface area contributed by atoms with E-state index in [4.69, 9.17) is 0 Å². The summed E-state index contributed by atoms with van der Waals surface area (Å²) in [6.45, 7) is 0. The minimum Gasteiger partial charge on any atom is -0.326 e. The summed E-state index contributed by atoms with van der Waals surface area (Å²) in [5.41, 5.74) is 2.96. The summed E-state index contributed by atoms with van der Waals surface area (Å²) in [4.78, 5) is 24.3.